The van der Waals surface area contributed by atoms with Crippen LogP contribution in [0.4, 0.5) is 0 Å². The fourth-order valence-electron chi connectivity index (χ4n) is 2.31. The van der Waals surface area contributed by atoms with Gasteiger partial charge in [-0.2, -0.15) is 0 Å². The summed E-state index contributed by atoms with van der Waals surface area (Å²) in [6.45, 7) is 17.6. The van der Waals surface area contributed by atoms with Crippen molar-refractivity contribution < 1.29 is 0 Å². The molecule has 17 heavy (non-hydrogen) atoms. The third-order valence-electron chi connectivity index (χ3n) is 3.63. The van der Waals surface area contributed by atoms with Crippen LogP contribution in [-0.2, 0) is 0 Å². The zero-order valence-corrected chi connectivity index (χ0v) is 12.3. The maximum atomic E-state index is 3.52. The first-order chi connectivity index (χ1) is 8.04. The van der Waals surface area contributed by atoms with Gasteiger partial charge in [0.2, 0.25) is 0 Å². The maximum absolute atomic E-state index is 3.52. The number of unbranched alkanes of at least 4 members (excludes halogenated alkanes) is 1. The Bertz CT molecular complexity index is 190. The molecule has 0 saturated carbocycles. The third-order valence-corrected chi connectivity index (χ3v) is 3.63. The van der Waals surface area contributed by atoms with Gasteiger partial charge in [0.25, 0.3) is 0 Å². The van der Waals surface area contributed by atoms with E-state index in [0.717, 1.165) is 6.54 Å². The maximum Gasteiger partial charge on any atom is 0.0126 e. The summed E-state index contributed by atoms with van der Waals surface area (Å²) in [4.78, 5) is 5.18. The monoisotopic (exact) mass is 241 g/mol. The molecule has 1 N–H and O–H groups in total. The van der Waals surface area contributed by atoms with Crippen molar-refractivity contribution in [1.29, 1.82) is 0 Å². The van der Waals surface area contributed by atoms with E-state index in [1.165, 1.54) is 52.1 Å². The average Bonchev–Trinajstić information content (AvgIpc) is 2.28. The Morgan fingerprint density at radius 3 is 2.18 bits per heavy atom. The molecule has 0 unspecified atom stereocenters. The van der Waals surface area contributed by atoms with E-state index in [1.54, 1.807) is 0 Å². The van der Waals surface area contributed by atoms with Crippen molar-refractivity contribution in [2.24, 2.45) is 0 Å². The second-order valence-corrected chi connectivity index (χ2v) is 6.10. The normalized spacial score (nSPS) is 19.8. The summed E-state index contributed by atoms with van der Waals surface area (Å²) < 4.78 is 0. The first-order valence-electron chi connectivity index (χ1n) is 7.22. The second-order valence-electron chi connectivity index (χ2n) is 6.10. The molecule has 3 nitrogen and oxygen atoms in total. The quantitative estimate of drug-likeness (QED) is 0.715. The Morgan fingerprint density at radius 1 is 1.00 bits per heavy atom. The van der Waals surface area contributed by atoms with Crippen molar-refractivity contribution in [2.45, 2.75) is 46.1 Å². The molecule has 0 amide bonds. The Hall–Kier alpha value is -0.120. The number of rotatable bonds is 6. The molecular formula is C14H31N3. The molecule has 1 aliphatic heterocycles. The van der Waals surface area contributed by atoms with Gasteiger partial charge in [0.15, 0.2) is 0 Å². The highest BCUT2D eigenvalue weighted by Gasteiger charge is 2.25. The summed E-state index contributed by atoms with van der Waals surface area (Å²) in [5, 5.41) is 3.52. The minimum atomic E-state index is 0.339. The molecule has 3 heteroatoms. The predicted octanol–water partition coefficient (Wildman–Crippen LogP) is 1.79. The topological polar surface area (TPSA) is 18.5 Å². The van der Waals surface area contributed by atoms with Gasteiger partial charge in [-0.1, -0.05) is 13.3 Å². The highest BCUT2D eigenvalue weighted by molar-refractivity contribution is 4.81. The van der Waals surface area contributed by atoms with Crippen LogP contribution < -0.4 is 5.32 Å². The number of piperazine rings is 1. The summed E-state index contributed by atoms with van der Waals surface area (Å²) >= 11 is 0. The fourth-order valence-corrected chi connectivity index (χ4v) is 2.31. The number of hydrogen-bond acceptors (Lipinski definition) is 3. The summed E-state index contributed by atoms with van der Waals surface area (Å²) in [6, 6.07) is 0. The highest BCUT2D eigenvalue weighted by atomic mass is 15.3. The van der Waals surface area contributed by atoms with Gasteiger partial charge in [-0.25, -0.2) is 0 Å². The summed E-state index contributed by atoms with van der Waals surface area (Å²) in [7, 11) is 0. The van der Waals surface area contributed by atoms with E-state index in [4.69, 9.17) is 0 Å². The van der Waals surface area contributed by atoms with E-state index in [0.29, 0.717) is 5.54 Å². The average molecular weight is 241 g/mol. The molecule has 0 bridgehead atoms. The van der Waals surface area contributed by atoms with Gasteiger partial charge in [0, 0.05) is 44.8 Å². The summed E-state index contributed by atoms with van der Waals surface area (Å²) in [5.41, 5.74) is 0.339. The Kier molecular flexibility index (Phi) is 6.45. The standard InChI is InChI=1S/C14H31N3/c1-5-6-7-15-8-9-16-10-12-17(13-11-16)14(2,3)4/h15H,5-13H2,1-4H3. The molecule has 0 radical (unpaired) electrons. The molecule has 1 aliphatic rings. The molecule has 1 fully saturated rings. The molecule has 0 aromatic heterocycles. The minimum Gasteiger partial charge on any atom is -0.315 e. The molecule has 0 atom stereocenters. The van der Waals surface area contributed by atoms with Crippen LogP contribution in [-0.4, -0.2) is 61.2 Å². The van der Waals surface area contributed by atoms with Crippen LogP contribution in [0.15, 0.2) is 0 Å². The van der Waals surface area contributed by atoms with Crippen molar-refractivity contribution in [3.8, 4) is 0 Å². The summed E-state index contributed by atoms with van der Waals surface area (Å²) in [6.07, 6.45) is 2.59. The SMILES string of the molecule is CCCCNCCN1CCN(C(C)(C)C)CC1. The smallest absolute Gasteiger partial charge is 0.0126 e. The van der Waals surface area contributed by atoms with Gasteiger partial charge in [0.05, 0.1) is 0 Å². The van der Waals surface area contributed by atoms with Gasteiger partial charge in [-0.05, 0) is 33.7 Å². The van der Waals surface area contributed by atoms with Crippen LogP contribution in [0.5, 0.6) is 0 Å². The lowest BCUT2D eigenvalue weighted by molar-refractivity contribution is 0.0628. The molecule has 0 spiro atoms. The van der Waals surface area contributed by atoms with Crippen LogP contribution >= 0.6 is 0 Å². The molecule has 0 aromatic carbocycles. The van der Waals surface area contributed by atoms with Crippen LogP contribution in [0, 0.1) is 0 Å². The van der Waals surface area contributed by atoms with Crippen molar-refractivity contribution >= 4 is 0 Å². The summed E-state index contributed by atoms with van der Waals surface area (Å²) in [5.74, 6) is 0. The molecule has 1 saturated heterocycles. The molecule has 0 aromatic rings. The van der Waals surface area contributed by atoms with Crippen molar-refractivity contribution in [2.75, 3.05) is 45.8 Å². The van der Waals surface area contributed by atoms with Crippen LogP contribution in [0.1, 0.15) is 40.5 Å². The molecule has 1 rings (SSSR count). The molecule has 102 valence electrons. The Balaban J connectivity index is 2.07. The van der Waals surface area contributed by atoms with Gasteiger partial charge >= 0.3 is 0 Å². The van der Waals surface area contributed by atoms with Crippen LogP contribution in [0.3, 0.4) is 0 Å². The van der Waals surface area contributed by atoms with E-state index in [2.05, 4.69) is 42.8 Å². The second kappa shape index (κ2) is 7.34. The van der Waals surface area contributed by atoms with Crippen molar-refractivity contribution in [3.63, 3.8) is 0 Å². The van der Waals surface area contributed by atoms with E-state index in [-0.39, 0.29) is 0 Å². The zero-order valence-electron chi connectivity index (χ0n) is 12.3. The van der Waals surface area contributed by atoms with Crippen molar-refractivity contribution in [3.05, 3.63) is 0 Å². The lowest BCUT2D eigenvalue weighted by Gasteiger charge is -2.42. The molecule has 0 aliphatic carbocycles. The van der Waals surface area contributed by atoms with Crippen molar-refractivity contribution in [1.82, 2.24) is 15.1 Å². The van der Waals surface area contributed by atoms with Gasteiger partial charge in [0.1, 0.15) is 0 Å². The first kappa shape index (κ1) is 14.9. The largest absolute Gasteiger partial charge is 0.315 e. The minimum absolute atomic E-state index is 0.339. The van der Waals surface area contributed by atoms with Gasteiger partial charge in [-0.15, -0.1) is 0 Å². The number of nitrogens with zero attached hydrogens (tertiary/aromatic N) is 2. The van der Waals surface area contributed by atoms with E-state index < -0.39 is 0 Å². The van der Waals surface area contributed by atoms with E-state index in [1.807, 2.05) is 0 Å². The van der Waals surface area contributed by atoms with Gasteiger partial charge < -0.3 is 5.32 Å². The first-order valence-corrected chi connectivity index (χ1v) is 7.22. The van der Waals surface area contributed by atoms with Crippen LogP contribution in [0.25, 0.3) is 0 Å². The number of nitrogens with one attached hydrogen (secondary N) is 1. The molecule has 1 heterocycles. The van der Waals surface area contributed by atoms with E-state index >= 15 is 0 Å². The number of hydrogen-bond donors (Lipinski definition) is 1. The van der Waals surface area contributed by atoms with Gasteiger partial charge in [-0.3, -0.25) is 9.80 Å². The van der Waals surface area contributed by atoms with E-state index in [9.17, 15) is 0 Å². The lowest BCUT2D eigenvalue weighted by Crippen LogP contribution is -2.54. The third kappa shape index (κ3) is 5.84. The predicted molar refractivity (Wildman–Crippen MR) is 75.5 cm³/mol. The molecular weight excluding hydrogens is 210 g/mol. The highest BCUT2D eigenvalue weighted by Crippen LogP contribution is 2.15. The lowest BCUT2D eigenvalue weighted by atomic mass is 10.1. The Morgan fingerprint density at radius 2 is 1.65 bits per heavy atom. The Labute approximate surface area is 108 Å². The fraction of sp³-hybridized carbons (Fsp3) is 1.00. The zero-order chi connectivity index (χ0) is 12.7. The van der Waals surface area contributed by atoms with Crippen LogP contribution in [0.2, 0.25) is 0 Å².